The highest BCUT2D eigenvalue weighted by Gasteiger charge is 2.23. The average molecular weight is 332 g/mol. The first-order chi connectivity index (χ1) is 11.5. The third kappa shape index (κ3) is 4.56. The van der Waals surface area contributed by atoms with Gasteiger partial charge in [0.05, 0.1) is 6.04 Å². The van der Waals surface area contributed by atoms with Crippen molar-refractivity contribution in [1.82, 2.24) is 10.3 Å². The molecule has 1 heterocycles. The zero-order chi connectivity index (χ0) is 17.5. The molecule has 0 aliphatic rings. The Kier molecular flexibility index (Phi) is 6.34. The number of hydrogen-bond acceptors (Lipinski definition) is 4. The molecule has 0 aliphatic heterocycles. The van der Waals surface area contributed by atoms with E-state index in [0.717, 1.165) is 22.9 Å². The van der Waals surface area contributed by atoms with Crippen LogP contribution in [0.15, 0.2) is 30.5 Å². The number of hydrogen-bond donors (Lipinski definition) is 5. The summed E-state index contributed by atoms with van der Waals surface area (Å²) in [6.07, 6.45) is 3.88. The number of rotatable bonds is 9. The second-order valence-corrected chi connectivity index (χ2v) is 5.85. The van der Waals surface area contributed by atoms with Gasteiger partial charge in [0, 0.05) is 17.1 Å². The fourth-order valence-electron chi connectivity index (χ4n) is 2.66. The molecule has 1 amide bonds. The summed E-state index contributed by atoms with van der Waals surface area (Å²) in [7, 11) is 0. The summed E-state index contributed by atoms with van der Waals surface area (Å²) in [6, 6.07) is 6.01. The lowest BCUT2D eigenvalue weighted by molar-refractivity contribution is -0.142. The molecule has 24 heavy (non-hydrogen) atoms. The van der Waals surface area contributed by atoms with Gasteiger partial charge in [-0.3, -0.25) is 4.79 Å². The monoisotopic (exact) mass is 332 g/mol. The number of unbranched alkanes of at least 4 members (excludes halogenated alkanes) is 1. The molecule has 2 atom stereocenters. The van der Waals surface area contributed by atoms with Crippen molar-refractivity contribution in [3.63, 3.8) is 0 Å². The normalized spacial score (nSPS) is 13.6. The Bertz CT molecular complexity index is 698. The predicted octanol–water partition coefficient (Wildman–Crippen LogP) is 0.736. The van der Waals surface area contributed by atoms with Gasteiger partial charge in [0.15, 0.2) is 0 Å². The van der Waals surface area contributed by atoms with E-state index < -0.39 is 24.0 Å². The highest BCUT2D eigenvalue weighted by Crippen LogP contribution is 2.18. The van der Waals surface area contributed by atoms with Crippen LogP contribution in [0.4, 0.5) is 0 Å². The van der Waals surface area contributed by atoms with Crippen LogP contribution in [0.1, 0.15) is 24.8 Å². The summed E-state index contributed by atoms with van der Waals surface area (Å²) in [5.41, 5.74) is 13.3. The molecular formula is C17H24N4O3. The topological polar surface area (TPSA) is 134 Å². The molecule has 1 aromatic heterocycles. The van der Waals surface area contributed by atoms with Crippen LogP contribution in [-0.4, -0.2) is 40.6 Å². The number of nitrogens with two attached hydrogens (primary N) is 2. The molecule has 2 rings (SSSR count). The number of fused-ring (bicyclic) bond motifs is 1. The Balaban J connectivity index is 1.96. The molecule has 0 spiro atoms. The van der Waals surface area contributed by atoms with Gasteiger partial charge >= 0.3 is 5.97 Å². The second-order valence-electron chi connectivity index (χ2n) is 5.85. The minimum atomic E-state index is -1.06. The van der Waals surface area contributed by atoms with Gasteiger partial charge in [-0.25, -0.2) is 4.79 Å². The van der Waals surface area contributed by atoms with Crippen molar-refractivity contribution in [3.8, 4) is 0 Å². The molecule has 7 N–H and O–H groups in total. The van der Waals surface area contributed by atoms with Crippen LogP contribution in [0, 0.1) is 0 Å². The van der Waals surface area contributed by atoms with Gasteiger partial charge in [0.1, 0.15) is 6.04 Å². The number of carbonyl (C=O) groups excluding carboxylic acids is 1. The molecule has 130 valence electrons. The van der Waals surface area contributed by atoms with Crippen molar-refractivity contribution >= 4 is 22.8 Å². The van der Waals surface area contributed by atoms with E-state index in [2.05, 4.69) is 10.3 Å². The zero-order valence-corrected chi connectivity index (χ0v) is 13.5. The van der Waals surface area contributed by atoms with E-state index >= 15 is 0 Å². The van der Waals surface area contributed by atoms with Gasteiger partial charge in [0.25, 0.3) is 0 Å². The van der Waals surface area contributed by atoms with Crippen LogP contribution >= 0.6 is 0 Å². The lowest BCUT2D eigenvalue weighted by Crippen LogP contribution is -2.49. The molecule has 0 radical (unpaired) electrons. The maximum atomic E-state index is 12.2. The number of carbonyl (C=O) groups is 2. The Labute approximate surface area is 140 Å². The van der Waals surface area contributed by atoms with E-state index in [1.807, 2.05) is 30.5 Å². The zero-order valence-electron chi connectivity index (χ0n) is 13.5. The lowest BCUT2D eigenvalue weighted by Gasteiger charge is -2.17. The molecule has 0 saturated carbocycles. The first kappa shape index (κ1) is 18.0. The van der Waals surface area contributed by atoms with Crippen molar-refractivity contribution in [2.24, 2.45) is 11.5 Å². The molecular weight excluding hydrogens is 308 g/mol. The number of aliphatic carboxylic acids is 1. The van der Waals surface area contributed by atoms with E-state index in [4.69, 9.17) is 11.5 Å². The number of H-pyrrole nitrogens is 1. The van der Waals surface area contributed by atoms with E-state index in [9.17, 15) is 14.7 Å². The quantitative estimate of drug-likeness (QED) is 0.432. The van der Waals surface area contributed by atoms with Crippen LogP contribution in [0.3, 0.4) is 0 Å². The number of amides is 1. The second kappa shape index (κ2) is 8.47. The minimum absolute atomic E-state index is 0.338. The Hall–Kier alpha value is -2.38. The van der Waals surface area contributed by atoms with E-state index in [1.54, 1.807) is 0 Å². The van der Waals surface area contributed by atoms with Crippen LogP contribution < -0.4 is 16.8 Å². The third-order valence-corrected chi connectivity index (χ3v) is 4.01. The van der Waals surface area contributed by atoms with Gasteiger partial charge < -0.3 is 26.9 Å². The van der Waals surface area contributed by atoms with Crippen molar-refractivity contribution in [2.45, 2.75) is 37.8 Å². The van der Waals surface area contributed by atoms with E-state index in [1.165, 1.54) is 0 Å². The molecule has 0 aliphatic carbocycles. The van der Waals surface area contributed by atoms with Crippen molar-refractivity contribution in [1.29, 1.82) is 0 Å². The van der Waals surface area contributed by atoms with Gasteiger partial charge in [-0.2, -0.15) is 0 Å². The Morgan fingerprint density at radius 3 is 2.71 bits per heavy atom. The Morgan fingerprint density at radius 2 is 2.00 bits per heavy atom. The van der Waals surface area contributed by atoms with Crippen molar-refractivity contribution in [2.75, 3.05) is 6.54 Å². The molecule has 0 saturated heterocycles. The SMILES string of the molecule is NCCCCC(NC(=O)C(N)Cc1c[nH]c2ccccc12)C(=O)O. The fourth-order valence-corrected chi connectivity index (χ4v) is 2.66. The third-order valence-electron chi connectivity index (χ3n) is 4.01. The maximum Gasteiger partial charge on any atom is 0.326 e. The number of aromatic amines is 1. The maximum absolute atomic E-state index is 12.2. The van der Waals surface area contributed by atoms with E-state index in [0.29, 0.717) is 25.8 Å². The largest absolute Gasteiger partial charge is 0.480 e. The number of benzene rings is 1. The molecule has 2 unspecified atom stereocenters. The van der Waals surface area contributed by atoms with Gasteiger partial charge in [-0.05, 0) is 43.9 Å². The Morgan fingerprint density at radius 1 is 1.25 bits per heavy atom. The number of nitrogens with one attached hydrogen (secondary N) is 2. The first-order valence-electron chi connectivity index (χ1n) is 8.06. The number of para-hydroxylation sites is 1. The fraction of sp³-hybridized carbons (Fsp3) is 0.412. The summed E-state index contributed by atoms with van der Waals surface area (Å²) in [5.74, 6) is -1.51. The average Bonchev–Trinajstić information content (AvgIpc) is 2.97. The first-order valence-corrected chi connectivity index (χ1v) is 8.06. The minimum Gasteiger partial charge on any atom is -0.480 e. The molecule has 7 nitrogen and oxygen atoms in total. The van der Waals surface area contributed by atoms with Crippen LogP contribution in [-0.2, 0) is 16.0 Å². The summed E-state index contributed by atoms with van der Waals surface area (Å²) in [5, 5.41) is 12.7. The number of carboxylic acid groups (broad SMARTS) is 1. The summed E-state index contributed by atoms with van der Waals surface area (Å²) in [4.78, 5) is 26.6. The number of carboxylic acids is 1. The molecule has 7 heteroatoms. The van der Waals surface area contributed by atoms with Crippen LogP contribution in [0.5, 0.6) is 0 Å². The standard InChI is InChI=1S/C17H24N4O3/c18-8-4-3-7-15(17(23)24)21-16(22)13(19)9-11-10-20-14-6-2-1-5-12(11)14/h1-2,5-6,10,13,15,20H,3-4,7-9,18-19H2,(H,21,22)(H,23,24). The summed E-state index contributed by atoms with van der Waals surface area (Å²) < 4.78 is 0. The van der Waals surface area contributed by atoms with Crippen LogP contribution in [0.25, 0.3) is 10.9 Å². The van der Waals surface area contributed by atoms with E-state index in [-0.39, 0.29) is 0 Å². The number of aromatic nitrogens is 1. The van der Waals surface area contributed by atoms with Gasteiger partial charge in [-0.15, -0.1) is 0 Å². The molecule has 2 aromatic rings. The van der Waals surface area contributed by atoms with Crippen LogP contribution in [0.2, 0.25) is 0 Å². The highest BCUT2D eigenvalue weighted by atomic mass is 16.4. The molecule has 0 fully saturated rings. The molecule has 0 bridgehead atoms. The molecule has 1 aromatic carbocycles. The lowest BCUT2D eigenvalue weighted by atomic mass is 10.0. The van der Waals surface area contributed by atoms with Crippen molar-refractivity contribution in [3.05, 3.63) is 36.0 Å². The van der Waals surface area contributed by atoms with Gasteiger partial charge in [0.2, 0.25) is 5.91 Å². The van der Waals surface area contributed by atoms with Gasteiger partial charge in [-0.1, -0.05) is 18.2 Å². The predicted molar refractivity (Wildman–Crippen MR) is 92.5 cm³/mol. The summed E-state index contributed by atoms with van der Waals surface area (Å²) >= 11 is 0. The van der Waals surface area contributed by atoms with Crippen molar-refractivity contribution < 1.29 is 14.7 Å². The highest BCUT2D eigenvalue weighted by molar-refractivity contribution is 5.88. The summed E-state index contributed by atoms with van der Waals surface area (Å²) in [6.45, 7) is 0.500. The smallest absolute Gasteiger partial charge is 0.326 e.